The van der Waals surface area contributed by atoms with Crippen LogP contribution in [-0.2, 0) is 0 Å². The minimum absolute atomic E-state index is 0.0602. The number of imidazole rings is 1. The van der Waals surface area contributed by atoms with Gasteiger partial charge in [-0.25, -0.2) is 4.79 Å². The first kappa shape index (κ1) is 5.24. The van der Waals surface area contributed by atoms with Crippen LogP contribution in [0, 0.1) is 0 Å². The van der Waals surface area contributed by atoms with Gasteiger partial charge in [-0.05, 0) is 0 Å². The monoisotopic (exact) mass is 134 g/mol. The van der Waals surface area contributed by atoms with Crippen LogP contribution in [0.1, 0.15) is 0 Å². The molecule has 0 aromatic carbocycles. The molecular weight excluding hydrogens is 131 g/mol. The van der Waals surface area contributed by atoms with Crippen LogP contribution in [0.4, 0.5) is 0 Å². The molecule has 0 aliphatic heterocycles. The second kappa shape index (κ2) is 1.56. The van der Waals surface area contributed by atoms with Crippen molar-refractivity contribution < 1.29 is 5.11 Å². The summed E-state index contributed by atoms with van der Waals surface area (Å²) in [5.74, 6) is -0.323. The minimum Gasteiger partial charge on any atom is -0.492 e. The lowest BCUT2D eigenvalue weighted by Crippen LogP contribution is -1.99. The molecule has 1 aromatic heterocycles. The Bertz CT molecular complexity index is 215. The Morgan fingerprint density at radius 2 is 2.12 bits per heavy atom. The third-order valence-electron chi connectivity index (χ3n) is 0.663. The topological polar surface area (TPSA) is 68.9 Å². The van der Waals surface area contributed by atoms with Crippen molar-refractivity contribution in [3.8, 4) is 5.88 Å². The lowest BCUT2D eigenvalue weighted by molar-refractivity contribution is 0.456. The summed E-state index contributed by atoms with van der Waals surface area (Å²) in [6, 6.07) is 0. The summed E-state index contributed by atoms with van der Waals surface area (Å²) in [6.07, 6.45) is 0. The molecule has 3 N–H and O–H groups in total. The molecule has 1 rings (SSSR count). The van der Waals surface area contributed by atoms with Gasteiger partial charge >= 0.3 is 5.69 Å². The van der Waals surface area contributed by atoms with E-state index in [1.165, 1.54) is 0 Å². The van der Waals surface area contributed by atoms with Crippen LogP contribution < -0.4 is 5.69 Å². The van der Waals surface area contributed by atoms with Gasteiger partial charge in [0.05, 0.1) is 0 Å². The standard InChI is InChI=1S/C3H3ClN2O2/c4-1-2(7)6-3(8)5-1/h7H,(H2,5,6,8). The highest BCUT2D eigenvalue weighted by Gasteiger charge is 1.98. The summed E-state index contributed by atoms with van der Waals surface area (Å²) in [5.41, 5.74) is -0.507. The zero-order chi connectivity index (χ0) is 6.15. The van der Waals surface area contributed by atoms with E-state index in [1.54, 1.807) is 0 Å². The molecular formula is C3H3ClN2O2. The van der Waals surface area contributed by atoms with Crippen LogP contribution in [0.25, 0.3) is 0 Å². The fourth-order valence-corrected chi connectivity index (χ4v) is 0.486. The number of rotatable bonds is 0. The molecule has 0 atom stereocenters. The van der Waals surface area contributed by atoms with E-state index in [9.17, 15) is 4.79 Å². The predicted octanol–water partition coefficient (Wildman–Crippen LogP) is 0.0620. The molecule has 8 heavy (non-hydrogen) atoms. The van der Waals surface area contributed by atoms with E-state index < -0.39 is 5.69 Å². The normalized spacial score (nSPS) is 9.62. The van der Waals surface area contributed by atoms with Crippen molar-refractivity contribution >= 4 is 11.6 Å². The molecule has 0 aliphatic rings. The number of halogens is 1. The highest BCUT2D eigenvalue weighted by molar-refractivity contribution is 6.30. The average molecular weight is 135 g/mol. The van der Waals surface area contributed by atoms with Crippen molar-refractivity contribution in [3.05, 3.63) is 15.6 Å². The van der Waals surface area contributed by atoms with Crippen molar-refractivity contribution in [2.24, 2.45) is 0 Å². The zero-order valence-corrected chi connectivity index (χ0v) is 4.49. The predicted molar refractivity (Wildman–Crippen MR) is 28.1 cm³/mol. The van der Waals surface area contributed by atoms with Gasteiger partial charge in [0.1, 0.15) is 0 Å². The van der Waals surface area contributed by atoms with Crippen LogP contribution in [0.2, 0.25) is 5.15 Å². The third kappa shape index (κ3) is 0.696. The zero-order valence-electron chi connectivity index (χ0n) is 3.73. The first-order chi connectivity index (χ1) is 3.70. The van der Waals surface area contributed by atoms with Crippen molar-refractivity contribution in [1.29, 1.82) is 0 Å². The number of aromatic nitrogens is 2. The summed E-state index contributed by atoms with van der Waals surface area (Å²) >= 11 is 5.19. The Kier molecular flexibility index (Phi) is 1.02. The van der Waals surface area contributed by atoms with Gasteiger partial charge in [-0.2, -0.15) is 0 Å². The Morgan fingerprint density at radius 1 is 1.50 bits per heavy atom. The molecule has 5 heteroatoms. The van der Waals surface area contributed by atoms with E-state index >= 15 is 0 Å². The summed E-state index contributed by atoms with van der Waals surface area (Å²) in [6.45, 7) is 0. The van der Waals surface area contributed by atoms with Gasteiger partial charge in [0.2, 0.25) is 5.88 Å². The van der Waals surface area contributed by atoms with Crippen LogP contribution in [0.3, 0.4) is 0 Å². The molecule has 1 aromatic rings. The maximum Gasteiger partial charge on any atom is 0.326 e. The molecule has 0 aliphatic carbocycles. The molecule has 0 saturated heterocycles. The maximum atomic E-state index is 10.2. The van der Waals surface area contributed by atoms with E-state index in [1.807, 2.05) is 4.98 Å². The van der Waals surface area contributed by atoms with Crippen LogP contribution in [0.5, 0.6) is 5.88 Å². The highest BCUT2D eigenvalue weighted by Crippen LogP contribution is 2.12. The van der Waals surface area contributed by atoms with Gasteiger partial charge in [-0.15, -0.1) is 0 Å². The number of hydrogen-bond donors (Lipinski definition) is 3. The van der Waals surface area contributed by atoms with Crippen LogP contribution in [-0.4, -0.2) is 15.1 Å². The lowest BCUT2D eigenvalue weighted by atomic mass is 10.9. The lowest BCUT2D eigenvalue weighted by Gasteiger charge is -1.76. The average Bonchev–Trinajstić information content (AvgIpc) is 1.85. The summed E-state index contributed by atoms with van der Waals surface area (Å²) in [7, 11) is 0. The van der Waals surface area contributed by atoms with Gasteiger partial charge < -0.3 is 5.11 Å². The number of H-pyrrole nitrogens is 2. The third-order valence-corrected chi connectivity index (χ3v) is 0.937. The van der Waals surface area contributed by atoms with Gasteiger partial charge in [-0.3, -0.25) is 9.97 Å². The van der Waals surface area contributed by atoms with E-state index in [0.29, 0.717) is 0 Å². The minimum atomic E-state index is -0.507. The molecule has 4 nitrogen and oxygen atoms in total. The molecule has 0 radical (unpaired) electrons. The Balaban J connectivity index is 3.35. The van der Waals surface area contributed by atoms with Crippen LogP contribution in [0.15, 0.2) is 4.79 Å². The molecule has 44 valence electrons. The molecule has 0 bridgehead atoms. The largest absolute Gasteiger partial charge is 0.492 e. The van der Waals surface area contributed by atoms with Gasteiger partial charge in [0, 0.05) is 0 Å². The van der Waals surface area contributed by atoms with E-state index in [2.05, 4.69) is 4.98 Å². The van der Waals surface area contributed by atoms with Crippen molar-refractivity contribution in [2.75, 3.05) is 0 Å². The fraction of sp³-hybridized carbons (Fsp3) is 0. The number of aromatic hydroxyl groups is 1. The van der Waals surface area contributed by atoms with Gasteiger partial charge in [0.15, 0.2) is 5.15 Å². The van der Waals surface area contributed by atoms with E-state index in [4.69, 9.17) is 16.7 Å². The van der Waals surface area contributed by atoms with Crippen LogP contribution >= 0.6 is 11.6 Å². The number of aromatic amines is 2. The first-order valence-electron chi connectivity index (χ1n) is 1.87. The first-order valence-corrected chi connectivity index (χ1v) is 2.24. The quantitative estimate of drug-likeness (QED) is 0.470. The van der Waals surface area contributed by atoms with Crippen molar-refractivity contribution in [1.82, 2.24) is 9.97 Å². The second-order valence-corrected chi connectivity index (χ2v) is 1.62. The molecule has 1 heterocycles. The summed E-state index contributed by atoms with van der Waals surface area (Å²) in [5, 5.41) is 8.46. The van der Waals surface area contributed by atoms with Gasteiger partial charge in [-0.1, -0.05) is 11.6 Å². The smallest absolute Gasteiger partial charge is 0.326 e. The SMILES string of the molecule is O=c1[nH]c(O)c(Cl)[nH]1. The number of hydrogen-bond acceptors (Lipinski definition) is 2. The molecule has 0 saturated carbocycles. The molecule has 0 unspecified atom stereocenters. The van der Waals surface area contributed by atoms with Gasteiger partial charge in [0.25, 0.3) is 0 Å². The Hall–Kier alpha value is -0.900. The second-order valence-electron chi connectivity index (χ2n) is 1.24. The molecule has 0 spiro atoms. The summed E-state index contributed by atoms with van der Waals surface area (Å²) in [4.78, 5) is 14.3. The summed E-state index contributed by atoms with van der Waals surface area (Å²) < 4.78 is 0. The molecule has 0 amide bonds. The van der Waals surface area contributed by atoms with E-state index in [-0.39, 0.29) is 11.0 Å². The molecule has 0 fully saturated rings. The highest BCUT2D eigenvalue weighted by atomic mass is 35.5. The Morgan fingerprint density at radius 3 is 2.25 bits per heavy atom. The van der Waals surface area contributed by atoms with Crippen molar-refractivity contribution in [3.63, 3.8) is 0 Å². The number of nitrogens with one attached hydrogen (secondary N) is 2. The van der Waals surface area contributed by atoms with E-state index in [0.717, 1.165) is 0 Å². The fourth-order valence-electron chi connectivity index (χ4n) is 0.353. The van der Waals surface area contributed by atoms with Crippen molar-refractivity contribution in [2.45, 2.75) is 0 Å². The Labute approximate surface area is 49.1 Å². The maximum absolute atomic E-state index is 10.2.